The monoisotopic (exact) mass is 288 g/mol. The van der Waals surface area contributed by atoms with Crippen molar-refractivity contribution < 1.29 is 9.53 Å². The lowest BCUT2D eigenvalue weighted by Crippen LogP contribution is -1.98. The Hall–Kier alpha value is -2.87. The summed E-state index contributed by atoms with van der Waals surface area (Å²) >= 11 is 0. The van der Waals surface area contributed by atoms with Gasteiger partial charge in [0.05, 0.1) is 12.7 Å². The average Bonchev–Trinajstić information content (AvgIpc) is 2.59. The van der Waals surface area contributed by atoms with E-state index in [9.17, 15) is 4.79 Å². The van der Waals surface area contributed by atoms with Gasteiger partial charge in [-0.1, -0.05) is 60.7 Å². The summed E-state index contributed by atoms with van der Waals surface area (Å²) in [7, 11) is 1.57. The Morgan fingerprint density at radius 2 is 1.64 bits per heavy atom. The van der Waals surface area contributed by atoms with Gasteiger partial charge >= 0.3 is 0 Å². The Balaban J connectivity index is 1.94. The minimum atomic E-state index is -0.0645. The number of carbonyl (C=O) groups is 1. The number of fused-ring (bicyclic) bond motifs is 1. The molecule has 0 N–H and O–H groups in total. The summed E-state index contributed by atoms with van der Waals surface area (Å²) in [6, 6.07) is 21.5. The van der Waals surface area contributed by atoms with Gasteiger partial charge in [0, 0.05) is 0 Å². The molecule has 0 fully saturated rings. The zero-order valence-electron chi connectivity index (χ0n) is 12.3. The molecule has 108 valence electrons. The van der Waals surface area contributed by atoms with Crippen molar-refractivity contribution >= 4 is 22.6 Å². The van der Waals surface area contributed by atoms with Gasteiger partial charge in [-0.2, -0.15) is 0 Å². The third-order valence-corrected chi connectivity index (χ3v) is 3.61. The maximum atomic E-state index is 12.4. The second-order valence-corrected chi connectivity index (χ2v) is 4.97. The molecule has 2 nitrogen and oxygen atoms in total. The summed E-state index contributed by atoms with van der Waals surface area (Å²) in [5.41, 5.74) is 1.60. The van der Waals surface area contributed by atoms with Crippen molar-refractivity contribution in [3.05, 3.63) is 83.9 Å². The number of rotatable bonds is 4. The van der Waals surface area contributed by atoms with Crippen molar-refractivity contribution in [1.82, 2.24) is 0 Å². The van der Waals surface area contributed by atoms with Gasteiger partial charge in [-0.25, -0.2) is 0 Å². The van der Waals surface area contributed by atoms with Gasteiger partial charge in [0.2, 0.25) is 0 Å². The number of hydrogen-bond donors (Lipinski definition) is 0. The maximum Gasteiger partial charge on any atom is 0.189 e. The molecule has 0 spiro atoms. The van der Waals surface area contributed by atoms with Crippen LogP contribution in [0.4, 0.5) is 0 Å². The third-order valence-electron chi connectivity index (χ3n) is 3.61. The largest absolute Gasteiger partial charge is 0.496 e. The quantitative estimate of drug-likeness (QED) is 0.512. The fourth-order valence-corrected chi connectivity index (χ4v) is 2.50. The van der Waals surface area contributed by atoms with E-state index < -0.39 is 0 Å². The number of para-hydroxylation sites is 1. The van der Waals surface area contributed by atoms with Gasteiger partial charge in [0.25, 0.3) is 0 Å². The van der Waals surface area contributed by atoms with Gasteiger partial charge in [0.1, 0.15) is 5.75 Å². The Morgan fingerprint density at radius 3 is 2.50 bits per heavy atom. The molecule has 0 atom stereocenters. The van der Waals surface area contributed by atoms with Crippen LogP contribution in [0.5, 0.6) is 5.75 Å². The summed E-state index contributed by atoms with van der Waals surface area (Å²) < 4.78 is 5.23. The highest BCUT2D eigenvalue weighted by Crippen LogP contribution is 2.21. The Bertz CT molecular complexity index is 842. The second-order valence-electron chi connectivity index (χ2n) is 4.97. The number of carbonyl (C=O) groups excluding carboxylic acids is 1. The van der Waals surface area contributed by atoms with E-state index >= 15 is 0 Å². The molecular weight excluding hydrogens is 272 g/mol. The molecule has 0 aliphatic heterocycles. The Morgan fingerprint density at radius 1 is 0.909 bits per heavy atom. The molecule has 0 aliphatic rings. The molecule has 0 bridgehead atoms. The number of methoxy groups -OCH3 is 1. The first-order valence-corrected chi connectivity index (χ1v) is 7.13. The standard InChI is InChI=1S/C20H16O2/c1-22-20-12-5-4-11-18(20)19(21)14-13-16-9-6-8-15-7-2-3-10-17(15)16/h2-14H,1H3/b14-13+. The van der Waals surface area contributed by atoms with E-state index in [2.05, 4.69) is 18.2 Å². The minimum absolute atomic E-state index is 0.0645. The molecule has 3 aromatic rings. The number of ketones is 1. The van der Waals surface area contributed by atoms with Gasteiger partial charge in [-0.3, -0.25) is 4.79 Å². The molecule has 3 rings (SSSR count). The summed E-state index contributed by atoms with van der Waals surface area (Å²) in [6.45, 7) is 0. The van der Waals surface area contributed by atoms with E-state index in [1.54, 1.807) is 25.3 Å². The van der Waals surface area contributed by atoms with Crippen molar-refractivity contribution in [1.29, 1.82) is 0 Å². The molecule has 0 aromatic heterocycles. The van der Waals surface area contributed by atoms with Crippen LogP contribution < -0.4 is 4.74 Å². The van der Waals surface area contributed by atoms with Gasteiger partial charge in [0.15, 0.2) is 5.78 Å². The highest BCUT2D eigenvalue weighted by atomic mass is 16.5. The molecule has 2 heteroatoms. The van der Waals surface area contributed by atoms with Crippen molar-refractivity contribution in [2.75, 3.05) is 7.11 Å². The van der Waals surface area contributed by atoms with Crippen LogP contribution >= 0.6 is 0 Å². The van der Waals surface area contributed by atoms with E-state index in [1.165, 1.54) is 0 Å². The average molecular weight is 288 g/mol. The van der Waals surface area contributed by atoms with Gasteiger partial charge in [-0.05, 0) is 34.5 Å². The van der Waals surface area contributed by atoms with E-state index in [1.807, 2.05) is 42.5 Å². The molecule has 0 saturated carbocycles. The lowest BCUT2D eigenvalue weighted by Gasteiger charge is -2.05. The molecule has 0 amide bonds. The first kappa shape index (κ1) is 14.1. The Labute approximate surface area is 129 Å². The predicted octanol–water partition coefficient (Wildman–Crippen LogP) is 4.74. The molecule has 0 saturated heterocycles. The zero-order chi connectivity index (χ0) is 15.4. The predicted molar refractivity (Wildman–Crippen MR) is 90.3 cm³/mol. The summed E-state index contributed by atoms with van der Waals surface area (Å²) in [6.07, 6.45) is 3.46. The van der Waals surface area contributed by atoms with Crippen LogP contribution in [0.25, 0.3) is 16.8 Å². The van der Waals surface area contributed by atoms with E-state index in [0.29, 0.717) is 11.3 Å². The normalized spacial score (nSPS) is 11.0. The SMILES string of the molecule is COc1ccccc1C(=O)/C=C/c1cccc2ccccc12. The minimum Gasteiger partial charge on any atom is -0.496 e. The summed E-state index contributed by atoms with van der Waals surface area (Å²) in [5, 5.41) is 2.29. The fourth-order valence-electron chi connectivity index (χ4n) is 2.50. The van der Waals surface area contributed by atoms with Crippen molar-refractivity contribution in [2.45, 2.75) is 0 Å². The number of hydrogen-bond acceptors (Lipinski definition) is 2. The molecular formula is C20H16O2. The van der Waals surface area contributed by atoms with Crippen LogP contribution in [0, 0.1) is 0 Å². The van der Waals surface area contributed by atoms with E-state index in [-0.39, 0.29) is 5.78 Å². The second kappa shape index (κ2) is 6.27. The highest BCUT2D eigenvalue weighted by molar-refractivity contribution is 6.09. The smallest absolute Gasteiger partial charge is 0.189 e. The number of ether oxygens (including phenoxy) is 1. The molecule has 3 aromatic carbocycles. The first-order valence-electron chi connectivity index (χ1n) is 7.13. The number of benzene rings is 3. The maximum absolute atomic E-state index is 12.4. The Kier molecular flexibility index (Phi) is 4.01. The van der Waals surface area contributed by atoms with E-state index in [4.69, 9.17) is 4.74 Å². The van der Waals surface area contributed by atoms with Gasteiger partial charge < -0.3 is 4.74 Å². The first-order chi connectivity index (χ1) is 10.8. The van der Waals surface area contributed by atoms with E-state index in [0.717, 1.165) is 16.3 Å². The fraction of sp³-hybridized carbons (Fsp3) is 0.0500. The number of allylic oxidation sites excluding steroid dienone is 1. The van der Waals surface area contributed by atoms with Crippen LogP contribution in [0.3, 0.4) is 0 Å². The molecule has 0 unspecified atom stereocenters. The molecule has 0 radical (unpaired) electrons. The van der Waals surface area contributed by atoms with Crippen LogP contribution in [0.15, 0.2) is 72.8 Å². The van der Waals surface area contributed by atoms with Crippen LogP contribution in [0.2, 0.25) is 0 Å². The lowest BCUT2D eigenvalue weighted by atomic mass is 10.0. The topological polar surface area (TPSA) is 26.3 Å². The highest BCUT2D eigenvalue weighted by Gasteiger charge is 2.08. The summed E-state index contributed by atoms with van der Waals surface area (Å²) in [5.74, 6) is 0.528. The van der Waals surface area contributed by atoms with Crippen LogP contribution in [-0.4, -0.2) is 12.9 Å². The van der Waals surface area contributed by atoms with Crippen molar-refractivity contribution in [3.8, 4) is 5.75 Å². The van der Waals surface area contributed by atoms with Crippen molar-refractivity contribution in [2.24, 2.45) is 0 Å². The van der Waals surface area contributed by atoms with Crippen LogP contribution in [-0.2, 0) is 0 Å². The van der Waals surface area contributed by atoms with Gasteiger partial charge in [-0.15, -0.1) is 0 Å². The lowest BCUT2D eigenvalue weighted by molar-refractivity contribution is 0.104. The zero-order valence-corrected chi connectivity index (χ0v) is 12.3. The molecule has 0 heterocycles. The summed E-state index contributed by atoms with van der Waals surface area (Å²) in [4.78, 5) is 12.4. The van der Waals surface area contributed by atoms with Crippen molar-refractivity contribution in [3.63, 3.8) is 0 Å². The molecule has 22 heavy (non-hydrogen) atoms. The molecule has 0 aliphatic carbocycles. The third kappa shape index (κ3) is 2.77. The van der Waals surface area contributed by atoms with Crippen LogP contribution in [0.1, 0.15) is 15.9 Å².